The molecule has 0 spiro atoms. The van der Waals surface area contributed by atoms with Crippen molar-refractivity contribution in [1.82, 2.24) is 14.9 Å². The van der Waals surface area contributed by atoms with Crippen molar-refractivity contribution in [3.8, 4) is 0 Å². The van der Waals surface area contributed by atoms with Crippen molar-refractivity contribution in [2.45, 2.75) is 39.2 Å². The van der Waals surface area contributed by atoms with E-state index in [0.29, 0.717) is 0 Å². The minimum Gasteiger partial charge on any atom is -0.334 e. The Morgan fingerprint density at radius 3 is 3.00 bits per heavy atom. The Balaban J connectivity index is 1.82. The summed E-state index contributed by atoms with van der Waals surface area (Å²) >= 11 is 0. The van der Waals surface area contributed by atoms with E-state index in [2.05, 4.69) is 36.2 Å². The first-order chi connectivity index (χ1) is 10.6. The van der Waals surface area contributed by atoms with Gasteiger partial charge in [0, 0.05) is 26.1 Å². The normalized spacial score (nSPS) is 17.7. The summed E-state index contributed by atoms with van der Waals surface area (Å²) in [5.41, 5.74) is 4.36. The zero-order chi connectivity index (χ0) is 15.5. The Bertz CT molecular complexity index is 684. The van der Waals surface area contributed by atoms with Gasteiger partial charge in [-0.25, -0.2) is 0 Å². The molecule has 1 saturated heterocycles. The fourth-order valence-corrected chi connectivity index (χ4v) is 3.15. The molecule has 4 nitrogen and oxygen atoms in total. The SMILES string of the molecule is CC(=O)N1CCC[C@H]1c1cncc(Cc2cccc(C)c2)n1. The van der Waals surface area contributed by atoms with Crippen molar-refractivity contribution < 1.29 is 4.79 Å². The molecule has 1 fully saturated rings. The van der Waals surface area contributed by atoms with Crippen LogP contribution in [0.3, 0.4) is 0 Å². The standard InChI is InChI=1S/C18H21N3O/c1-13-5-3-6-15(9-13)10-16-11-19-12-17(20-16)18-7-4-8-21(18)14(2)22/h3,5-6,9,11-12,18H,4,7-8,10H2,1-2H3/t18-/m0/s1. The van der Waals surface area contributed by atoms with Crippen molar-refractivity contribution in [2.75, 3.05) is 6.54 Å². The fraction of sp³-hybridized carbons (Fsp3) is 0.389. The highest BCUT2D eigenvalue weighted by atomic mass is 16.2. The lowest BCUT2D eigenvalue weighted by Gasteiger charge is -2.22. The Morgan fingerprint density at radius 1 is 1.36 bits per heavy atom. The van der Waals surface area contributed by atoms with Gasteiger partial charge in [-0.1, -0.05) is 29.8 Å². The third-order valence-electron chi connectivity index (χ3n) is 4.17. The highest BCUT2D eigenvalue weighted by Gasteiger charge is 2.29. The number of hydrogen-bond donors (Lipinski definition) is 0. The average molecular weight is 295 g/mol. The summed E-state index contributed by atoms with van der Waals surface area (Å²) in [5.74, 6) is 0.119. The van der Waals surface area contributed by atoms with Crippen molar-refractivity contribution in [3.05, 3.63) is 59.2 Å². The van der Waals surface area contributed by atoms with Crippen LogP contribution in [0.25, 0.3) is 0 Å². The number of likely N-dealkylation sites (tertiary alicyclic amines) is 1. The van der Waals surface area contributed by atoms with Crippen LogP contribution in [-0.2, 0) is 11.2 Å². The Morgan fingerprint density at radius 2 is 2.23 bits per heavy atom. The van der Waals surface area contributed by atoms with E-state index in [9.17, 15) is 4.79 Å². The molecule has 0 N–H and O–H groups in total. The molecule has 1 aliphatic rings. The molecule has 1 amide bonds. The average Bonchev–Trinajstić information content (AvgIpc) is 2.97. The zero-order valence-electron chi connectivity index (χ0n) is 13.1. The smallest absolute Gasteiger partial charge is 0.220 e. The first-order valence-corrected chi connectivity index (χ1v) is 7.77. The molecule has 1 atom stereocenters. The van der Waals surface area contributed by atoms with Gasteiger partial charge in [-0.3, -0.25) is 14.8 Å². The maximum atomic E-state index is 11.7. The molecule has 2 aromatic rings. The first kappa shape index (κ1) is 14.7. The molecule has 1 aliphatic heterocycles. The van der Waals surface area contributed by atoms with Gasteiger partial charge >= 0.3 is 0 Å². The maximum absolute atomic E-state index is 11.7. The molecule has 4 heteroatoms. The molecular formula is C18H21N3O. The Hall–Kier alpha value is -2.23. The fourth-order valence-electron chi connectivity index (χ4n) is 3.15. The van der Waals surface area contributed by atoms with Crippen molar-refractivity contribution in [3.63, 3.8) is 0 Å². The lowest BCUT2D eigenvalue weighted by atomic mass is 10.1. The monoisotopic (exact) mass is 295 g/mol. The van der Waals surface area contributed by atoms with Crippen LogP contribution < -0.4 is 0 Å². The van der Waals surface area contributed by atoms with Gasteiger partial charge in [0.1, 0.15) is 0 Å². The lowest BCUT2D eigenvalue weighted by molar-refractivity contribution is -0.129. The predicted octanol–water partition coefficient (Wildman–Crippen LogP) is 3.06. The number of nitrogens with zero attached hydrogens (tertiary/aromatic N) is 3. The highest BCUT2D eigenvalue weighted by Crippen LogP contribution is 2.30. The summed E-state index contributed by atoms with van der Waals surface area (Å²) in [6.45, 7) is 4.54. The molecule has 1 aromatic heterocycles. The second-order valence-electron chi connectivity index (χ2n) is 5.97. The molecule has 2 heterocycles. The van der Waals surface area contributed by atoms with Gasteiger partial charge < -0.3 is 4.90 Å². The number of aryl methyl sites for hydroxylation is 1. The number of aromatic nitrogens is 2. The van der Waals surface area contributed by atoms with E-state index in [4.69, 9.17) is 4.98 Å². The van der Waals surface area contributed by atoms with E-state index >= 15 is 0 Å². The van der Waals surface area contributed by atoms with Crippen LogP contribution in [0.2, 0.25) is 0 Å². The number of hydrogen-bond acceptors (Lipinski definition) is 3. The highest BCUT2D eigenvalue weighted by molar-refractivity contribution is 5.74. The Kier molecular flexibility index (Phi) is 4.18. The van der Waals surface area contributed by atoms with Crippen molar-refractivity contribution in [2.24, 2.45) is 0 Å². The van der Waals surface area contributed by atoms with Gasteiger partial charge in [-0.2, -0.15) is 0 Å². The second-order valence-corrected chi connectivity index (χ2v) is 5.97. The van der Waals surface area contributed by atoms with Crippen LogP contribution in [0.4, 0.5) is 0 Å². The summed E-state index contributed by atoms with van der Waals surface area (Å²) < 4.78 is 0. The summed E-state index contributed by atoms with van der Waals surface area (Å²) in [4.78, 5) is 22.7. The largest absolute Gasteiger partial charge is 0.334 e. The molecular weight excluding hydrogens is 274 g/mol. The van der Waals surface area contributed by atoms with E-state index < -0.39 is 0 Å². The quantitative estimate of drug-likeness (QED) is 0.874. The summed E-state index contributed by atoms with van der Waals surface area (Å²) in [6, 6.07) is 8.53. The Labute approximate surface area is 131 Å². The van der Waals surface area contributed by atoms with Crippen LogP contribution in [0, 0.1) is 6.92 Å². The van der Waals surface area contributed by atoms with Crippen LogP contribution >= 0.6 is 0 Å². The number of amides is 1. The predicted molar refractivity (Wildman–Crippen MR) is 85.4 cm³/mol. The minimum absolute atomic E-state index is 0.0856. The topological polar surface area (TPSA) is 46.1 Å². The first-order valence-electron chi connectivity index (χ1n) is 7.77. The molecule has 3 rings (SSSR count). The van der Waals surface area contributed by atoms with Gasteiger partial charge in [0.15, 0.2) is 0 Å². The molecule has 1 aromatic carbocycles. The molecule has 0 bridgehead atoms. The van der Waals surface area contributed by atoms with Gasteiger partial charge in [-0.15, -0.1) is 0 Å². The van der Waals surface area contributed by atoms with E-state index in [1.807, 2.05) is 11.1 Å². The maximum Gasteiger partial charge on any atom is 0.220 e. The van der Waals surface area contributed by atoms with Crippen LogP contribution in [0.1, 0.15) is 48.3 Å². The van der Waals surface area contributed by atoms with Crippen molar-refractivity contribution in [1.29, 1.82) is 0 Å². The van der Waals surface area contributed by atoms with Gasteiger partial charge in [0.2, 0.25) is 5.91 Å². The van der Waals surface area contributed by atoms with Gasteiger partial charge in [-0.05, 0) is 25.3 Å². The molecule has 0 radical (unpaired) electrons. The van der Waals surface area contributed by atoms with Gasteiger partial charge in [0.25, 0.3) is 0 Å². The van der Waals surface area contributed by atoms with Gasteiger partial charge in [0.05, 0.1) is 23.6 Å². The molecule has 114 valence electrons. The van der Waals surface area contributed by atoms with E-state index in [0.717, 1.165) is 37.2 Å². The molecule has 0 unspecified atom stereocenters. The molecule has 0 aliphatic carbocycles. The number of rotatable bonds is 3. The molecule has 22 heavy (non-hydrogen) atoms. The second kappa shape index (κ2) is 6.26. The number of carbonyl (C=O) groups is 1. The van der Waals surface area contributed by atoms with Crippen LogP contribution in [0.5, 0.6) is 0 Å². The lowest BCUT2D eigenvalue weighted by Crippen LogP contribution is -2.28. The van der Waals surface area contributed by atoms with Crippen LogP contribution in [0.15, 0.2) is 36.7 Å². The summed E-state index contributed by atoms with van der Waals surface area (Å²) in [6.07, 6.45) is 6.40. The van der Waals surface area contributed by atoms with E-state index in [1.165, 1.54) is 11.1 Å². The third-order valence-corrected chi connectivity index (χ3v) is 4.17. The molecule has 0 saturated carbocycles. The van der Waals surface area contributed by atoms with E-state index in [-0.39, 0.29) is 11.9 Å². The van der Waals surface area contributed by atoms with Crippen LogP contribution in [-0.4, -0.2) is 27.3 Å². The third kappa shape index (κ3) is 3.16. The zero-order valence-corrected chi connectivity index (χ0v) is 13.1. The van der Waals surface area contributed by atoms with Crippen molar-refractivity contribution >= 4 is 5.91 Å². The number of carbonyl (C=O) groups excluding carboxylic acids is 1. The van der Waals surface area contributed by atoms with E-state index in [1.54, 1.807) is 13.1 Å². The number of benzene rings is 1. The minimum atomic E-state index is 0.0856. The summed E-state index contributed by atoms with van der Waals surface area (Å²) in [5, 5.41) is 0. The summed E-state index contributed by atoms with van der Waals surface area (Å²) in [7, 11) is 0.